The van der Waals surface area contributed by atoms with Gasteiger partial charge in [0.2, 0.25) is 6.10 Å². The number of quaternary nitrogens is 1. The van der Waals surface area contributed by atoms with Crippen molar-refractivity contribution >= 4 is 17.5 Å². The van der Waals surface area contributed by atoms with Crippen molar-refractivity contribution in [2.75, 3.05) is 32.8 Å². The molecule has 1 saturated heterocycles. The molecule has 4 rings (SSSR count). The number of carbonyl (C=O) groups is 1. The summed E-state index contributed by atoms with van der Waals surface area (Å²) in [4.78, 5) is 15.8. The molecule has 0 aromatic heterocycles. The van der Waals surface area contributed by atoms with E-state index >= 15 is 0 Å². The molecule has 5 nitrogen and oxygen atoms in total. The first-order chi connectivity index (χ1) is 13.1. The Bertz CT molecular complexity index is 819. The summed E-state index contributed by atoms with van der Waals surface area (Å²) in [5.41, 5.74) is 0.537. The summed E-state index contributed by atoms with van der Waals surface area (Å²) in [5.74, 6) is 0.922. The maximum atomic E-state index is 14.0. The minimum Gasteiger partial charge on any atom is -0.485 e. The number of hydrogen-bond donors (Lipinski definition) is 1. The SMILES string of the molecule is O=C([C@H]1COc2ccccc2O1)N1CC[NH+](Cc2c(F)cccc2Cl)CC1. The van der Waals surface area contributed by atoms with Gasteiger partial charge in [-0.2, -0.15) is 0 Å². The lowest BCUT2D eigenvalue weighted by atomic mass is 10.1. The summed E-state index contributed by atoms with van der Waals surface area (Å²) in [6.45, 7) is 3.41. The summed E-state index contributed by atoms with van der Waals surface area (Å²) in [6.07, 6.45) is -0.623. The lowest BCUT2D eigenvalue weighted by molar-refractivity contribution is -0.917. The molecule has 0 spiro atoms. The average Bonchev–Trinajstić information content (AvgIpc) is 2.70. The van der Waals surface area contributed by atoms with Crippen LogP contribution in [0.1, 0.15) is 5.56 Å². The first kappa shape index (κ1) is 18.1. The van der Waals surface area contributed by atoms with Crippen LogP contribution in [0.3, 0.4) is 0 Å². The molecule has 2 aromatic rings. The molecule has 0 unspecified atom stereocenters. The number of rotatable bonds is 3. The van der Waals surface area contributed by atoms with Gasteiger partial charge in [0.15, 0.2) is 11.5 Å². The molecule has 0 bridgehead atoms. The third-order valence-corrected chi connectivity index (χ3v) is 5.41. The van der Waals surface area contributed by atoms with Crippen LogP contribution in [0.5, 0.6) is 11.5 Å². The topological polar surface area (TPSA) is 43.2 Å². The second kappa shape index (κ2) is 7.74. The minimum atomic E-state index is -0.623. The number of nitrogens with zero attached hydrogens (tertiary/aromatic N) is 1. The number of benzene rings is 2. The van der Waals surface area contributed by atoms with E-state index in [0.717, 1.165) is 13.1 Å². The highest BCUT2D eigenvalue weighted by molar-refractivity contribution is 6.31. The van der Waals surface area contributed by atoms with Crippen LogP contribution in [-0.4, -0.2) is 49.7 Å². The third kappa shape index (κ3) is 3.87. The maximum Gasteiger partial charge on any atom is 0.267 e. The molecule has 1 atom stereocenters. The second-order valence-corrected chi connectivity index (χ2v) is 7.22. The van der Waals surface area contributed by atoms with Crippen LogP contribution in [-0.2, 0) is 11.3 Å². The Morgan fingerprint density at radius 2 is 1.89 bits per heavy atom. The van der Waals surface area contributed by atoms with Gasteiger partial charge in [0.25, 0.3) is 5.91 Å². The van der Waals surface area contributed by atoms with E-state index in [9.17, 15) is 9.18 Å². The van der Waals surface area contributed by atoms with Crippen molar-refractivity contribution in [3.8, 4) is 11.5 Å². The molecule has 2 aliphatic rings. The van der Waals surface area contributed by atoms with Gasteiger partial charge in [0.05, 0.1) is 36.8 Å². The van der Waals surface area contributed by atoms with Gasteiger partial charge in [-0.1, -0.05) is 29.8 Å². The number of amides is 1. The standard InChI is InChI=1S/C20H20ClFN2O3/c21-15-4-3-5-16(22)14(15)12-23-8-10-24(11-9-23)20(25)19-13-26-17-6-1-2-7-18(17)27-19/h1-7,19H,8-13H2/p+1/t19-/m1/s1. The highest BCUT2D eigenvalue weighted by Crippen LogP contribution is 2.31. The van der Waals surface area contributed by atoms with Crippen LogP contribution in [0.4, 0.5) is 4.39 Å². The summed E-state index contributed by atoms with van der Waals surface area (Å²) in [5, 5.41) is 0.451. The number of piperazine rings is 1. The van der Waals surface area contributed by atoms with Gasteiger partial charge in [0, 0.05) is 0 Å². The van der Waals surface area contributed by atoms with Crippen LogP contribution in [0, 0.1) is 5.82 Å². The fourth-order valence-corrected chi connectivity index (χ4v) is 3.75. The molecule has 1 N–H and O–H groups in total. The quantitative estimate of drug-likeness (QED) is 0.863. The van der Waals surface area contributed by atoms with Gasteiger partial charge in [-0.15, -0.1) is 0 Å². The van der Waals surface area contributed by atoms with Gasteiger partial charge in [-0.3, -0.25) is 4.79 Å². The molecule has 1 amide bonds. The van der Waals surface area contributed by atoms with Crippen LogP contribution >= 0.6 is 11.6 Å². The van der Waals surface area contributed by atoms with E-state index in [1.54, 1.807) is 23.1 Å². The molecule has 0 saturated carbocycles. The van der Waals surface area contributed by atoms with E-state index < -0.39 is 6.10 Å². The highest BCUT2D eigenvalue weighted by atomic mass is 35.5. The van der Waals surface area contributed by atoms with Crippen molar-refractivity contribution < 1.29 is 23.6 Å². The first-order valence-corrected chi connectivity index (χ1v) is 9.43. The van der Waals surface area contributed by atoms with Crippen molar-refractivity contribution in [2.45, 2.75) is 12.6 Å². The molecule has 0 radical (unpaired) electrons. The Kier molecular flexibility index (Phi) is 5.18. The van der Waals surface area contributed by atoms with Crippen molar-refractivity contribution in [2.24, 2.45) is 0 Å². The van der Waals surface area contributed by atoms with Crippen molar-refractivity contribution in [3.05, 3.63) is 58.9 Å². The van der Waals surface area contributed by atoms with E-state index in [2.05, 4.69) is 0 Å². The fourth-order valence-electron chi connectivity index (χ4n) is 3.52. The maximum absolute atomic E-state index is 14.0. The third-order valence-electron chi connectivity index (χ3n) is 5.05. The van der Waals surface area contributed by atoms with E-state index in [-0.39, 0.29) is 18.3 Å². The number of nitrogens with one attached hydrogen (secondary N) is 1. The normalized spacial score (nSPS) is 19.8. The van der Waals surface area contributed by atoms with Crippen molar-refractivity contribution in [1.29, 1.82) is 0 Å². The number of carbonyl (C=O) groups excluding carboxylic acids is 1. The van der Waals surface area contributed by atoms with Gasteiger partial charge in [-0.05, 0) is 24.3 Å². The summed E-state index contributed by atoms with van der Waals surface area (Å²) >= 11 is 6.12. The number of fused-ring (bicyclic) bond motifs is 1. The van der Waals surface area contributed by atoms with Gasteiger partial charge < -0.3 is 19.3 Å². The molecule has 1 fully saturated rings. The molecular formula is C20H21ClFN2O3+. The Hall–Kier alpha value is -2.31. The molecule has 7 heteroatoms. The van der Waals surface area contributed by atoms with E-state index in [4.69, 9.17) is 21.1 Å². The zero-order valence-corrected chi connectivity index (χ0v) is 15.5. The zero-order valence-electron chi connectivity index (χ0n) is 14.8. The van der Waals surface area contributed by atoms with Crippen LogP contribution in [0.25, 0.3) is 0 Å². The Morgan fingerprint density at radius 1 is 1.15 bits per heavy atom. The van der Waals surface area contributed by atoms with Crippen LogP contribution < -0.4 is 14.4 Å². The first-order valence-electron chi connectivity index (χ1n) is 9.05. The van der Waals surface area contributed by atoms with E-state index in [1.807, 2.05) is 18.2 Å². The Balaban J connectivity index is 1.33. The number of ether oxygens (including phenoxy) is 2. The molecule has 2 aromatic carbocycles. The highest BCUT2D eigenvalue weighted by Gasteiger charge is 2.33. The average molecular weight is 392 g/mol. The second-order valence-electron chi connectivity index (χ2n) is 6.82. The van der Waals surface area contributed by atoms with Crippen LogP contribution in [0.15, 0.2) is 42.5 Å². The van der Waals surface area contributed by atoms with Gasteiger partial charge in [0.1, 0.15) is 19.0 Å². The molecule has 27 heavy (non-hydrogen) atoms. The smallest absolute Gasteiger partial charge is 0.267 e. The molecule has 142 valence electrons. The lowest BCUT2D eigenvalue weighted by Gasteiger charge is -2.35. The molecule has 0 aliphatic carbocycles. The number of para-hydroxylation sites is 2. The van der Waals surface area contributed by atoms with Gasteiger partial charge in [-0.25, -0.2) is 4.39 Å². The Morgan fingerprint density at radius 3 is 2.63 bits per heavy atom. The van der Waals surface area contributed by atoms with Crippen molar-refractivity contribution in [1.82, 2.24) is 4.90 Å². The zero-order chi connectivity index (χ0) is 18.8. The molecule has 2 aliphatic heterocycles. The summed E-state index contributed by atoms with van der Waals surface area (Å²) in [6, 6.07) is 12.1. The summed E-state index contributed by atoms with van der Waals surface area (Å²) in [7, 11) is 0. The monoisotopic (exact) mass is 391 g/mol. The van der Waals surface area contributed by atoms with Crippen molar-refractivity contribution in [3.63, 3.8) is 0 Å². The predicted molar refractivity (Wildman–Crippen MR) is 98.7 cm³/mol. The van der Waals surface area contributed by atoms with Gasteiger partial charge >= 0.3 is 0 Å². The molecular weight excluding hydrogens is 371 g/mol. The molecule has 2 heterocycles. The summed E-state index contributed by atoms with van der Waals surface area (Å²) < 4.78 is 25.4. The lowest BCUT2D eigenvalue weighted by Crippen LogP contribution is -3.13. The fraction of sp³-hybridized carbons (Fsp3) is 0.350. The number of hydrogen-bond acceptors (Lipinski definition) is 3. The Labute approximate surface area is 162 Å². The number of halogens is 2. The van der Waals surface area contributed by atoms with E-state index in [1.165, 1.54) is 11.0 Å². The largest absolute Gasteiger partial charge is 0.485 e. The minimum absolute atomic E-state index is 0.0625. The van der Waals surface area contributed by atoms with Crippen LogP contribution in [0.2, 0.25) is 5.02 Å². The predicted octanol–water partition coefficient (Wildman–Crippen LogP) is 1.55. The van der Waals surface area contributed by atoms with E-state index in [0.29, 0.717) is 41.7 Å².